The number of hydrogen-bond donors (Lipinski definition) is 0. The Balaban J connectivity index is 1.86. The van der Waals surface area contributed by atoms with E-state index in [0.717, 1.165) is 5.56 Å². The molecule has 12 heteroatoms. The zero-order valence-corrected chi connectivity index (χ0v) is 22.7. The molecule has 196 valence electrons. The van der Waals surface area contributed by atoms with Gasteiger partial charge in [-0.25, -0.2) is 13.1 Å². The van der Waals surface area contributed by atoms with Gasteiger partial charge in [0.05, 0.1) is 22.6 Å². The Morgan fingerprint density at radius 3 is 2.43 bits per heavy atom. The molecular weight excluding hydrogens is 518 g/mol. The first-order valence-corrected chi connectivity index (χ1v) is 14.6. The summed E-state index contributed by atoms with van der Waals surface area (Å²) in [5, 5.41) is 8.16. The fourth-order valence-corrected chi connectivity index (χ4v) is 7.13. The number of nitrogens with zero attached hydrogens (tertiary/aromatic N) is 3. The minimum Gasteiger partial charge on any atom is -0.399 e. The number of hydrogen-bond acceptors (Lipinski definition) is 9. The Labute approximate surface area is 215 Å². The van der Waals surface area contributed by atoms with Crippen LogP contribution in [0.4, 0.5) is 0 Å². The summed E-state index contributed by atoms with van der Waals surface area (Å²) in [6.07, 6.45) is 1.39. The molecule has 0 bridgehead atoms. The highest BCUT2D eigenvalue weighted by Gasteiger charge is 2.35. The number of carbonyl (C=O) groups is 1. The first-order valence-electron chi connectivity index (χ1n) is 11.5. The first kappa shape index (κ1) is 26.6. The average Bonchev–Trinajstić information content (AvgIpc) is 3.24. The van der Waals surface area contributed by atoms with E-state index in [9.17, 15) is 21.6 Å². The number of benzene rings is 2. The molecule has 10 nitrogen and oxygen atoms in total. The Bertz CT molecular complexity index is 1640. The van der Waals surface area contributed by atoms with Gasteiger partial charge in [-0.1, -0.05) is 22.9 Å². The second kappa shape index (κ2) is 9.75. The molecular formula is C25H27N3O7S2. The maximum absolute atomic E-state index is 13.8. The fourth-order valence-electron chi connectivity index (χ4n) is 4.38. The number of aryl methyl sites for hydroxylation is 3. The molecule has 0 saturated carbocycles. The topological polar surface area (TPSA) is 134 Å². The van der Waals surface area contributed by atoms with Crippen LogP contribution in [0.15, 0.2) is 51.5 Å². The predicted molar refractivity (Wildman–Crippen MR) is 136 cm³/mol. The monoisotopic (exact) mass is 545 g/mol. The van der Waals surface area contributed by atoms with Crippen LogP contribution in [0.2, 0.25) is 0 Å². The van der Waals surface area contributed by atoms with Crippen LogP contribution in [-0.4, -0.2) is 51.0 Å². The summed E-state index contributed by atoms with van der Waals surface area (Å²) in [7, 11) is -6.49. The molecule has 3 aromatic rings. The van der Waals surface area contributed by atoms with E-state index in [-0.39, 0.29) is 45.5 Å². The summed E-state index contributed by atoms with van der Waals surface area (Å²) < 4.78 is 58.5. The summed E-state index contributed by atoms with van der Waals surface area (Å²) in [4.78, 5) is 18.8. The molecule has 1 aliphatic rings. The molecule has 0 atom stereocenters. The molecule has 0 radical (unpaired) electrons. The summed E-state index contributed by atoms with van der Waals surface area (Å²) in [6.45, 7) is 7.05. The van der Waals surface area contributed by atoms with Gasteiger partial charge in [-0.3, -0.25) is 4.79 Å². The zero-order chi connectivity index (χ0) is 27.1. The Morgan fingerprint density at radius 2 is 1.81 bits per heavy atom. The maximum atomic E-state index is 13.8. The fraction of sp³-hybridized carbons (Fsp3) is 0.320. The average molecular weight is 546 g/mol. The lowest BCUT2D eigenvalue weighted by Crippen LogP contribution is -2.26. The van der Waals surface area contributed by atoms with E-state index >= 15 is 0 Å². The van der Waals surface area contributed by atoms with Gasteiger partial charge < -0.3 is 9.02 Å². The molecule has 0 fully saturated rings. The molecule has 0 aliphatic carbocycles. The van der Waals surface area contributed by atoms with Crippen molar-refractivity contribution in [3.05, 3.63) is 69.9 Å². The third-order valence-electron chi connectivity index (χ3n) is 6.21. The predicted octanol–water partition coefficient (Wildman–Crippen LogP) is 3.35. The molecule has 0 saturated heterocycles. The van der Waals surface area contributed by atoms with Gasteiger partial charge in [0.2, 0.25) is 5.88 Å². The SMILES string of the molecule is CCn1ncc(C(=O)c2cc(C)c3c(c2C)C(=NOC)CCS3(=O)=O)c1OS(=O)(=O)c1ccc(C)cc1. The van der Waals surface area contributed by atoms with E-state index in [1.54, 1.807) is 32.9 Å². The Morgan fingerprint density at radius 1 is 1.14 bits per heavy atom. The van der Waals surface area contributed by atoms with Gasteiger partial charge in [0.1, 0.15) is 17.6 Å². The molecule has 0 unspecified atom stereocenters. The van der Waals surface area contributed by atoms with Gasteiger partial charge >= 0.3 is 10.1 Å². The van der Waals surface area contributed by atoms with Crippen LogP contribution < -0.4 is 4.18 Å². The number of rotatable bonds is 7. The van der Waals surface area contributed by atoms with Crippen molar-refractivity contribution in [2.24, 2.45) is 5.16 Å². The summed E-state index contributed by atoms with van der Waals surface area (Å²) in [6, 6.07) is 7.63. The number of oxime groups is 1. The smallest absolute Gasteiger partial charge is 0.340 e. The normalized spacial score (nSPS) is 15.9. The van der Waals surface area contributed by atoms with E-state index in [2.05, 4.69) is 10.3 Å². The molecule has 4 rings (SSSR count). The lowest BCUT2D eigenvalue weighted by atomic mass is 9.91. The number of carbonyl (C=O) groups excluding carboxylic acids is 1. The van der Waals surface area contributed by atoms with Crippen LogP contribution in [-0.2, 0) is 31.3 Å². The molecule has 0 N–H and O–H groups in total. The first-order chi connectivity index (χ1) is 17.4. The van der Waals surface area contributed by atoms with Crippen molar-refractivity contribution in [2.45, 2.75) is 50.5 Å². The lowest BCUT2D eigenvalue weighted by Gasteiger charge is -2.23. The number of ketones is 1. The van der Waals surface area contributed by atoms with Gasteiger partial charge in [-0.15, -0.1) is 0 Å². The highest BCUT2D eigenvalue weighted by molar-refractivity contribution is 7.91. The standard InChI is InChI=1S/C25H27N3O7S2/c1-6-28-25(35-37(32,33)18-9-7-15(2)8-10-18)20(14-26-28)23(29)19-13-16(3)24-22(17(19)4)21(27-34-5)11-12-36(24,30)31/h7-10,13-14H,6,11-12H2,1-5H3. The van der Waals surface area contributed by atoms with Crippen LogP contribution in [0.1, 0.15) is 51.5 Å². The molecule has 0 spiro atoms. The van der Waals surface area contributed by atoms with Crippen molar-refractivity contribution in [1.29, 1.82) is 0 Å². The van der Waals surface area contributed by atoms with Crippen LogP contribution in [0.3, 0.4) is 0 Å². The third-order valence-corrected chi connectivity index (χ3v) is 9.33. The van der Waals surface area contributed by atoms with Crippen molar-refractivity contribution < 1.29 is 30.7 Å². The number of fused-ring (bicyclic) bond motifs is 1. The van der Waals surface area contributed by atoms with Gasteiger partial charge in [0, 0.05) is 24.1 Å². The molecule has 37 heavy (non-hydrogen) atoms. The molecule has 2 aromatic carbocycles. The van der Waals surface area contributed by atoms with Crippen molar-refractivity contribution in [3.63, 3.8) is 0 Å². The van der Waals surface area contributed by atoms with Gasteiger partial charge in [0.25, 0.3) is 0 Å². The second-order valence-corrected chi connectivity index (χ2v) is 12.3. The third kappa shape index (κ3) is 4.78. The molecule has 1 aromatic heterocycles. The van der Waals surface area contributed by atoms with Gasteiger partial charge in [0.15, 0.2) is 15.6 Å². The van der Waals surface area contributed by atoms with E-state index in [1.165, 1.54) is 36.2 Å². The summed E-state index contributed by atoms with van der Waals surface area (Å²) >= 11 is 0. The minimum absolute atomic E-state index is 0.0632. The van der Waals surface area contributed by atoms with E-state index in [4.69, 9.17) is 9.02 Å². The van der Waals surface area contributed by atoms with Crippen molar-refractivity contribution in [3.8, 4) is 5.88 Å². The van der Waals surface area contributed by atoms with Crippen LogP contribution in [0, 0.1) is 20.8 Å². The number of sulfone groups is 1. The lowest BCUT2D eigenvalue weighted by molar-refractivity contribution is 0.103. The van der Waals surface area contributed by atoms with Gasteiger partial charge in [-0.05, 0) is 57.0 Å². The highest BCUT2D eigenvalue weighted by Crippen LogP contribution is 2.35. The van der Waals surface area contributed by atoms with Crippen molar-refractivity contribution in [2.75, 3.05) is 12.9 Å². The number of aromatic nitrogens is 2. The Kier molecular flexibility index (Phi) is 6.99. The van der Waals surface area contributed by atoms with E-state index in [0.29, 0.717) is 22.4 Å². The van der Waals surface area contributed by atoms with Gasteiger partial charge in [-0.2, -0.15) is 13.5 Å². The molecule has 2 heterocycles. The van der Waals surface area contributed by atoms with Crippen molar-refractivity contribution in [1.82, 2.24) is 9.78 Å². The zero-order valence-electron chi connectivity index (χ0n) is 21.1. The van der Waals surface area contributed by atoms with Crippen LogP contribution in [0.5, 0.6) is 5.88 Å². The summed E-state index contributed by atoms with van der Waals surface area (Å²) in [5.41, 5.74) is 2.52. The molecule has 1 aliphatic heterocycles. The van der Waals surface area contributed by atoms with Crippen LogP contribution >= 0.6 is 0 Å². The van der Waals surface area contributed by atoms with E-state index < -0.39 is 25.7 Å². The Hall–Kier alpha value is -3.51. The largest absolute Gasteiger partial charge is 0.399 e. The quantitative estimate of drug-likeness (QED) is 0.251. The van der Waals surface area contributed by atoms with Crippen LogP contribution in [0.25, 0.3) is 0 Å². The second-order valence-electron chi connectivity index (χ2n) is 8.72. The summed E-state index contributed by atoms with van der Waals surface area (Å²) in [5.74, 6) is -0.897. The minimum atomic E-state index is -4.26. The van der Waals surface area contributed by atoms with Crippen molar-refractivity contribution >= 4 is 31.5 Å². The maximum Gasteiger partial charge on any atom is 0.340 e. The highest BCUT2D eigenvalue weighted by atomic mass is 32.2. The van der Waals surface area contributed by atoms with E-state index in [1.807, 2.05) is 6.92 Å². The molecule has 0 amide bonds.